The van der Waals surface area contributed by atoms with Gasteiger partial charge in [-0.05, 0) is 31.0 Å². The number of aromatic amines is 2. The summed E-state index contributed by atoms with van der Waals surface area (Å²) in [6, 6.07) is 5.37. The minimum Gasteiger partial charge on any atom is -0.492 e. The van der Waals surface area contributed by atoms with Crippen molar-refractivity contribution in [3.63, 3.8) is 0 Å². The third-order valence-corrected chi connectivity index (χ3v) is 3.71. The maximum Gasteiger partial charge on any atom is 0.325 e. The fourth-order valence-electron chi connectivity index (χ4n) is 2.04. The van der Waals surface area contributed by atoms with Crippen LogP contribution in [0.5, 0.6) is 5.75 Å². The molecule has 8 heteroatoms. The molecule has 0 aliphatic rings. The lowest BCUT2D eigenvalue weighted by Gasteiger charge is -2.08. The second kappa shape index (κ2) is 9.08. The Bertz CT molecular complexity index is 858. The average molecular weight is 366 g/mol. The van der Waals surface area contributed by atoms with Gasteiger partial charge in [0.1, 0.15) is 12.4 Å². The monoisotopic (exact) mass is 365 g/mol. The first-order valence-corrected chi connectivity index (χ1v) is 8.28. The number of nitrogens with zero attached hydrogens (tertiary/aromatic N) is 1. The largest absolute Gasteiger partial charge is 0.492 e. The minimum atomic E-state index is -0.559. The molecular formula is C17H20ClN3O4. The molecule has 0 aliphatic carbocycles. The van der Waals surface area contributed by atoms with Gasteiger partial charge in [0.25, 0.3) is 5.56 Å². The summed E-state index contributed by atoms with van der Waals surface area (Å²) >= 11 is 6.18. The van der Waals surface area contributed by atoms with Crippen LogP contribution in [0, 0.1) is 6.92 Å². The van der Waals surface area contributed by atoms with E-state index in [1.165, 1.54) is 6.21 Å². The molecule has 2 rings (SSSR count). The lowest BCUT2D eigenvalue weighted by atomic mass is 10.2. The van der Waals surface area contributed by atoms with Crippen LogP contribution in [0.1, 0.15) is 36.6 Å². The molecule has 0 atom stereocenters. The molecule has 1 heterocycles. The number of hydrogen-bond acceptors (Lipinski definition) is 5. The van der Waals surface area contributed by atoms with Crippen molar-refractivity contribution in [3.8, 4) is 5.75 Å². The summed E-state index contributed by atoms with van der Waals surface area (Å²) in [6.07, 6.45) is 3.28. The Morgan fingerprint density at radius 2 is 2.08 bits per heavy atom. The summed E-state index contributed by atoms with van der Waals surface area (Å²) in [5.74, 6) is 0.637. The van der Waals surface area contributed by atoms with E-state index in [-0.39, 0.29) is 12.2 Å². The van der Waals surface area contributed by atoms with E-state index < -0.39 is 11.2 Å². The standard InChI is InChI=1S/C17H20ClN3O4/c1-3-4-7-24-15-6-5-12(8-14(15)18)10-25-19-9-13-11(2)20-17(23)21-16(13)22/h5-6,8-9H,3-4,7,10H2,1-2H3,(H2,20,21,22,23)/b19-9+. The number of aromatic nitrogens is 2. The maximum absolute atomic E-state index is 11.7. The molecule has 0 spiro atoms. The van der Waals surface area contributed by atoms with E-state index in [9.17, 15) is 9.59 Å². The highest BCUT2D eigenvalue weighted by molar-refractivity contribution is 6.32. The van der Waals surface area contributed by atoms with Crippen LogP contribution in [0.2, 0.25) is 5.02 Å². The van der Waals surface area contributed by atoms with E-state index in [2.05, 4.69) is 22.0 Å². The number of hydrogen-bond donors (Lipinski definition) is 2. The van der Waals surface area contributed by atoms with Gasteiger partial charge in [-0.25, -0.2) is 4.79 Å². The molecule has 2 N–H and O–H groups in total. The van der Waals surface area contributed by atoms with Crippen LogP contribution in [-0.4, -0.2) is 22.8 Å². The van der Waals surface area contributed by atoms with Crippen LogP contribution < -0.4 is 16.0 Å². The normalized spacial score (nSPS) is 11.0. The van der Waals surface area contributed by atoms with Gasteiger partial charge in [-0.1, -0.05) is 36.2 Å². The van der Waals surface area contributed by atoms with Gasteiger partial charge in [0.15, 0.2) is 0 Å². The van der Waals surface area contributed by atoms with E-state index in [0.717, 1.165) is 18.4 Å². The number of H-pyrrole nitrogens is 2. The fraction of sp³-hybridized carbons (Fsp3) is 0.353. The minimum absolute atomic E-state index is 0.186. The average Bonchev–Trinajstić information content (AvgIpc) is 2.55. The first-order chi connectivity index (χ1) is 12.0. The van der Waals surface area contributed by atoms with Crippen LogP contribution in [-0.2, 0) is 11.4 Å². The zero-order valence-corrected chi connectivity index (χ0v) is 14.9. The van der Waals surface area contributed by atoms with Gasteiger partial charge in [-0.3, -0.25) is 9.78 Å². The molecule has 134 valence electrons. The van der Waals surface area contributed by atoms with Crippen LogP contribution >= 0.6 is 11.6 Å². The molecule has 0 saturated heterocycles. The second-order valence-corrected chi connectivity index (χ2v) is 5.83. The molecule has 1 aromatic heterocycles. The van der Waals surface area contributed by atoms with Crippen LogP contribution in [0.4, 0.5) is 0 Å². The molecule has 0 fully saturated rings. The van der Waals surface area contributed by atoms with Gasteiger partial charge in [0.05, 0.1) is 23.4 Å². The van der Waals surface area contributed by atoms with Crippen molar-refractivity contribution in [1.29, 1.82) is 0 Å². The molecule has 25 heavy (non-hydrogen) atoms. The SMILES string of the molecule is CCCCOc1ccc(CO/N=C/c2c(C)[nH]c(=O)[nH]c2=O)cc1Cl. The summed E-state index contributed by atoms with van der Waals surface area (Å²) in [6.45, 7) is 4.51. The first kappa shape index (κ1) is 18.8. The van der Waals surface area contributed by atoms with Crippen molar-refractivity contribution < 1.29 is 9.57 Å². The molecule has 2 aromatic rings. The zero-order valence-electron chi connectivity index (χ0n) is 14.1. The van der Waals surface area contributed by atoms with Crippen LogP contribution in [0.25, 0.3) is 0 Å². The predicted molar refractivity (Wildman–Crippen MR) is 96.7 cm³/mol. The maximum atomic E-state index is 11.7. The van der Waals surface area contributed by atoms with E-state index in [0.29, 0.717) is 23.1 Å². The van der Waals surface area contributed by atoms with E-state index in [1.807, 2.05) is 6.07 Å². The Hall–Kier alpha value is -2.54. The molecule has 0 amide bonds. The summed E-state index contributed by atoms with van der Waals surface area (Å²) in [5.41, 5.74) is 0.383. The molecule has 7 nitrogen and oxygen atoms in total. The summed E-state index contributed by atoms with van der Waals surface area (Å²) < 4.78 is 5.58. The Balaban J connectivity index is 1.95. The lowest BCUT2D eigenvalue weighted by molar-refractivity contribution is 0.132. The van der Waals surface area contributed by atoms with Gasteiger partial charge >= 0.3 is 5.69 Å². The summed E-state index contributed by atoms with van der Waals surface area (Å²) in [4.78, 5) is 32.6. The van der Waals surface area contributed by atoms with Crippen molar-refractivity contribution in [2.75, 3.05) is 6.61 Å². The van der Waals surface area contributed by atoms with Crippen molar-refractivity contribution in [2.45, 2.75) is 33.3 Å². The number of benzene rings is 1. The number of unbranched alkanes of at least 4 members (excludes halogenated alkanes) is 1. The number of halogens is 1. The highest BCUT2D eigenvalue weighted by Gasteiger charge is 2.05. The lowest BCUT2D eigenvalue weighted by Crippen LogP contribution is -2.26. The predicted octanol–water partition coefficient (Wildman–Crippen LogP) is 2.75. The van der Waals surface area contributed by atoms with Crippen molar-refractivity contribution in [3.05, 3.63) is 60.9 Å². The number of ether oxygens (including phenoxy) is 1. The summed E-state index contributed by atoms with van der Waals surface area (Å²) in [7, 11) is 0. The van der Waals surface area contributed by atoms with Crippen molar-refractivity contribution >= 4 is 17.8 Å². The molecule has 0 aliphatic heterocycles. The van der Waals surface area contributed by atoms with Gasteiger partial charge in [0, 0.05) is 5.69 Å². The second-order valence-electron chi connectivity index (χ2n) is 5.42. The third kappa shape index (κ3) is 5.49. The van der Waals surface area contributed by atoms with E-state index >= 15 is 0 Å². The topological polar surface area (TPSA) is 96.5 Å². The van der Waals surface area contributed by atoms with Gasteiger partial charge in [-0.2, -0.15) is 0 Å². The fourth-order valence-corrected chi connectivity index (χ4v) is 2.30. The zero-order chi connectivity index (χ0) is 18.2. The van der Waals surface area contributed by atoms with Crippen LogP contribution in [0.3, 0.4) is 0 Å². The smallest absolute Gasteiger partial charge is 0.325 e. The highest BCUT2D eigenvalue weighted by Crippen LogP contribution is 2.26. The number of aryl methyl sites for hydroxylation is 1. The Morgan fingerprint density at radius 1 is 1.28 bits per heavy atom. The molecule has 0 saturated carbocycles. The third-order valence-electron chi connectivity index (χ3n) is 3.42. The number of rotatable bonds is 8. The molecular weight excluding hydrogens is 346 g/mol. The number of nitrogens with one attached hydrogen (secondary N) is 2. The molecule has 0 radical (unpaired) electrons. The molecule has 1 aromatic carbocycles. The van der Waals surface area contributed by atoms with Crippen molar-refractivity contribution in [1.82, 2.24) is 9.97 Å². The van der Waals surface area contributed by atoms with E-state index in [4.69, 9.17) is 21.2 Å². The molecule has 0 unspecified atom stereocenters. The Morgan fingerprint density at radius 3 is 2.76 bits per heavy atom. The van der Waals surface area contributed by atoms with Crippen molar-refractivity contribution in [2.24, 2.45) is 5.16 Å². The van der Waals surface area contributed by atoms with Gasteiger partial charge in [-0.15, -0.1) is 0 Å². The van der Waals surface area contributed by atoms with E-state index in [1.54, 1.807) is 19.1 Å². The number of oxime groups is 1. The highest BCUT2D eigenvalue weighted by atomic mass is 35.5. The first-order valence-electron chi connectivity index (χ1n) is 7.91. The Labute approximate surface area is 149 Å². The van der Waals surface area contributed by atoms with Gasteiger partial charge < -0.3 is 14.6 Å². The van der Waals surface area contributed by atoms with Gasteiger partial charge in [0.2, 0.25) is 0 Å². The quantitative estimate of drug-likeness (QED) is 0.427. The summed E-state index contributed by atoms with van der Waals surface area (Å²) in [5, 5.41) is 4.27. The Kier molecular flexibility index (Phi) is 6.82. The van der Waals surface area contributed by atoms with Crippen LogP contribution in [0.15, 0.2) is 32.9 Å². The molecule has 0 bridgehead atoms.